The molecule has 74 valence electrons. The number of ether oxygens (including phenoxy) is 3. The van der Waals surface area contributed by atoms with Crippen LogP contribution in [0.5, 0.6) is 0 Å². The van der Waals surface area contributed by atoms with Crippen LogP contribution in [0.2, 0.25) is 0 Å². The second-order valence-electron chi connectivity index (χ2n) is 2.88. The third kappa shape index (κ3) is 1.29. The van der Waals surface area contributed by atoms with Gasteiger partial charge in [0.2, 0.25) is 0 Å². The quantitative estimate of drug-likeness (QED) is 0.451. The lowest BCUT2D eigenvalue weighted by atomic mass is 10.1. The molecule has 5 nitrogen and oxygen atoms in total. The molecule has 0 saturated heterocycles. The Labute approximate surface area is 76.0 Å². The van der Waals surface area contributed by atoms with Crippen LogP contribution in [0.4, 0.5) is 0 Å². The predicted octanol–water partition coefficient (Wildman–Crippen LogP) is -0.263. The largest absolute Gasteiger partial charge is 0.468 e. The minimum Gasteiger partial charge on any atom is -0.468 e. The molecule has 0 aromatic heterocycles. The average Bonchev–Trinajstić information content (AvgIpc) is 2.91. The molecule has 0 spiro atoms. The van der Waals surface area contributed by atoms with Crippen molar-refractivity contribution in [3.63, 3.8) is 0 Å². The van der Waals surface area contributed by atoms with Gasteiger partial charge in [-0.3, -0.25) is 9.59 Å². The molecule has 1 saturated carbocycles. The normalized spacial score (nSPS) is 23.5. The van der Waals surface area contributed by atoms with Gasteiger partial charge in [-0.2, -0.15) is 0 Å². The summed E-state index contributed by atoms with van der Waals surface area (Å²) < 4.78 is 13.9. The Morgan fingerprint density at radius 1 is 1.15 bits per heavy atom. The van der Waals surface area contributed by atoms with Crippen LogP contribution >= 0.6 is 0 Å². The van der Waals surface area contributed by atoms with Gasteiger partial charge in [0.25, 0.3) is 0 Å². The Balaban J connectivity index is 2.80. The summed E-state index contributed by atoms with van der Waals surface area (Å²) in [5.74, 6) is -1.18. The van der Waals surface area contributed by atoms with Gasteiger partial charge in [0.15, 0.2) is 5.41 Å². The van der Waals surface area contributed by atoms with Crippen molar-refractivity contribution in [1.82, 2.24) is 0 Å². The van der Waals surface area contributed by atoms with Gasteiger partial charge < -0.3 is 14.2 Å². The van der Waals surface area contributed by atoms with Crippen molar-refractivity contribution in [3.8, 4) is 0 Å². The topological polar surface area (TPSA) is 61.8 Å². The summed E-state index contributed by atoms with van der Waals surface area (Å²) in [5.41, 5.74) is -1.21. The number of esters is 2. The van der Waals surface area contributed by atoms with Crippen molar-refractivity contribution in [2.45, 2.75) is 12.5 Å². The maximum Gasteiger partial charge on any atom is 0.326 e. The van der Waals surface area contributed by atoms with Crippen molar-refractivity contribution in [2.75, 3.05) is 21.3 Å². The van der Waals surface area contributed by atoms with Crippen molar-refractivity contribution >= 4 is 11.9 Å². The number of hydrogen-bond donors (Lipinski definition) is 0. The maximum absolute atomic E-state index is 11.3. The van der Waals surface area contributed by atoms with E-state index in [-0.39, 0.29) is 0 Å². The van der Waals surface area contributed by atoms with Crippen LogP contribution < -0.4 is 0 Å². The number of carbonyl (C=O) groups is 2. The standard InChI is InChI=1S/C8H12O5/c1-11-5-4-8(5,6(9)12-2)7(10)13-3/h5H,4H2,1-3H3. The zero-order chi connectivity index (χ0) is 10.1. The first-order valence-electron chi connectivity index (χ1n) is 3.83. The maximum atomic E-state index is 11.3. The second kappa shape index (κ2) is 3.33. The first kappa shape index (κ1) is 9.98. The highest BCUT2D eigenvalue weighted by atomic mass is 16.6. The van der Waals surface area contributed by atoms with Crippen LogP contribution in [0.1, 0.15) is 6.42 Å². The summed E-state index contributed by atoms with van der Waals surface area (Å²) in [6, 6.07) is 0. The van der Waals surface area contributed by atoms with Crippen LogP contribution in [0.25, 0.3) is 0 Å². The van der Waals surface area contributed by atoms with E-state index in [9.17, 15) is 9.59 Å². The number of hydrogen-bond acceptors (Lipinski definition) is 5. The van der Waals surface area contributed by atoms with E-state index in [1.165, 1.54) is 21.3 Å². The van der Waals surface area contributed by atoms with E-state index in [1.807, 2.05) is 0 Å². The minimum atomic E-state index is -1.21. The lowest BCUT2D eigenvalue weighted by molar-refractivity contribution is -0.163. The summed E-state index contributed by atoms with van der Waals surface area (Å²) >= 11 is 0. The Morgan fingerprint density at radius 2 is 1.62 bits per heavy atom. The summed E-state index contributed by atoms with van der Waals surface area (Å²) in [7, 11) is 3.91. The van der Waals surface area contributed by atoms with Gasteiger partial charge in [0, 0.05) is 13.5 Å². The molecule has 0 heterocycles. The fraction of sp³-hybridized carbons (Fsp3) is 0.750. The Hall–Kier alpha value is -1.10. The summed E-state index contributed by atoms with van der Waals surface area (Å²) in [6.45, 7) is 0. The van der Waals surface area contributed by atoms with Gasteiger partial charge in [0.1, 0.15) is 0 Å². The van der Waals surface area contributed by atoms with E-state index < -0.39 is 23.5 Å². The summed E-state index contributed by atoms with van der Waals surface area (Å²) in [6.07, 6.45) is -0.0737. The van der Waals surface area contributed by atoms with E-state index in [4.69, 9.17) is 4.74 Å². The molecule has 5 heteroatoms. The molecular weight excluding hydrogens is 176 g/mol. The molecule has 1 aliphatic rings. The Kier molecular flexibility index (Phi) is 2.56. The van der Waals surface area contributed by atoms with Crippen LogP contribution in [-0.4, -0.2) is 39.4 Å². The molecule has 0 N–H and O–H groups in total. The third-order valence-electron chi connectivity index (χ3n) is 2.28. The molecule has 0 radical (unpaired) electrons. The van der Waals surface area contributed by atoms with Crippen molar-refractivity contribution in [2.24, 2.45) is 5.41 Å². The highest BCUT2D eigenvalue weighted by Crippen LogP contribution is 2.49. The molecular formula is C8H12O5. The fourth-order valence-electron chi connectivity index (χ4n) is 1.40. The second-order valence-corrected chi connectivity index (χ2v) is 2.88. The van der Waals surface area contributed by atoms with Crippen molar-refractivity contribution < 1.29 is 23.8 Å². The fourth-order valence-corrected chi connectivity index (χ4v) is 1.40. The van der Waals surface area contributed by atoms with Gasteiger partial charge >= 0.3 is 11.9 Å². The summed E-state index contributed by atoms with van der Waals surface area (Å²) in [5, 5.41) is 0. The van der Waals surface area contributed by atoms with Crippen molar-refractivity contribution in [3.05, 3.63) is 0 Å². The number of rotatable bonds is 3. The molecule has 1 rings (SSSR count). The Morgan fingerprint density at radius 3 is 1.85 bits per heavy atom. The van der Waals surface area contributed by atoms with E-state index in [1.54, 1.807) is 0 Å². The van der Waals surface area contributed by atoms with E-state index >= 15 is 0 Å². The van der Waals surface area contributed by atoms with Gasteiger partial charge in [-0.15, -0.1) is 0 Å². The van der Waals surface area contributed by atoms with E-state index in [0.717, 1.165) is 0 Å². The molecule has 0 amide bonds. The van der Waals surface area contributed by atoms with Crippen LogP contribution in [-0.2, 0) is 23.8 Å². The van der Waals surface area contributed by atoms with E-state index in [2.05, 4.69) is 9.47 Å². The molecule has 0 bridgehead atoms. The third-order valence-corrected chi connectivity index (χ3v) is 2.28. The van der Waals surface area contributed by atoms with Gasteiger partial charge in [-0.25, -0.2) is 0 Å². The minimum absolute atomic E-state index is 0.336. The number of carbonyl (C=O) groups excluding carboxylic acids is 2. The van der Waals surface area contributed by atoms with Gasteiger partial charge in [0.05, 0.1) is 20.3 Å². The molecule has 0 aromatic carbocycles. The predicted molar refractivity (Wildman–Crippen MR) is 41.9 cm³/mol. The monoisotopic (exact) mass is 188 g/mol. The zero-order valence-electron chi connectivity index (χ0n) is 7.83. The first-order chi connectivity index (χ1) is 6.13. The van der Waals surface area contributed by atoms with Gasteiger partial charge in [-0.1, -0.05) is 0 Å². The first-order valence-corrected chi connectivity index (χ1v) is 3.83. The molecule has 1 atom stereocenters. The van der Waals surface area contributed by atoms with Crippen LogP contribution in [0, 0.1) is 5.41 Å². The van der Waals surface area contributed by atoms with E-state index in [0.29, 0.717) is 6.42 Å². The zero-order valence-corrected chi connectivity index (χ0v) is 7.83. The van der Waals surface area contributed by atoms with Crippen LogP contribution in [0.15, 0.2) is 0 Å². The molecule has 1 fully saturated rings. The number of methoxy groups -OCH3 is 3. The smallest absolute Gasteiger partial charge is 0.326 e. The Bertz CT molecular complexity index is 219. The molecule has 1 aliphatic carbocycles. The molecule has 0 aromatic rings. The van der Waals surface area contributed by atoms with Crippen molar-refractivity contribution in [1.29, 1.82) is 0 Å². The summed E-state index contributed by atoms with van der Waals surface area (Å²) in [4.78, 5) is 22.5. The molecule has 0 aliphatic heterocycles. The SMILES string of the molecule is COC(=O)C1(C(=O)OC)CC1OC. The van der Waals surface area contributed by atoms with Crippen LogP contribution in [0.3, 0.4) is 0 Å². The molecule has 1 unspecified atom stereocenters. The lowest BCUT2D eigenvalue weighted by Gasteiger charge is -2.10. The average molecular weight is 188 g/mol. The lowest BCUT2D eigenvalue weighted by Crippen LogP contribution is -2.32. The van der Waals surface area contributed by atoms with Gasteiger partial charge in [-0.05, 0) is 0 Å². The molecule has 13 heavy (non-hydrogen) atoms. The highest BCUT2D eigenvalue weighted by Gasteiger charge is 2.69. The highest BCUT2D eigenvalue weighted by molar-refractivity contribution is 6.04.